The van der Waals surface area contributed by atoms with E-state index >= 15 is 0 Å². The Balaban J connectivity index is 2.76. The van der Waals surface area contributed by atoms with Crippen molar-refractivity contribution in [3.05, 3.63) is 27.9 Å². The summed E-state index contributed by atoms with van der Waals surface area (Å²) in [4.78, 5) is 22.4. The van der Waals surface area contributed by atoms with E-state index < -0.39 is 0 Å². The highest BCUT2D eigenvalue weighted by Crippen LogP contribution is 2.19. The first kappa shape index (κ1) is 10.9. The Bertz CT molecular complexity index is 572. The fraction of sp³-hybridized carbons (Fsp3) is 0.500. The highest BCUT2D eigenvalue weighted by Gasteiger charge is 2.19. The number of H-pyrrole nitrogens is 2. The third-order valence-electron chi connectivity index (χ3n) is 2.71. The topological polar surface area (TPSA) is 61.5 Å². The summed E-state index contributed by atoms with van der Waals surface area (Å²) in [6, 6.07) is 0. The Morgan fingerprint density at radius 3 is 2.62 bits per heavy atom. The monoisotopic (exact) mass is 219 g/mol. The van der Waals surface area contributed by atoms with Crippen molar-refractivity contribution >= 4 is 11.0 Å². The van der Waals surface area contributed by atoms with Crippen molar-refractivity contribution in [3.8, 4) is 0 Å². The van der Waals surface area contributed by atoms with Gasteiger partial charge in [0.2, 0.25) is 0 Å². The molecular weight excluding hydrogens is 202 g/mol. The van der Waals surface area contributed by atoms with E-state index in [0.29, 0.717) is 11.0 Å². The van der Waals surface area contributed by atoms with Crippen LogP contribution in [0.4, 0.5) is 0 Å². The third kappa shape index (κ3) is 1.64. The molecule has 4 heteroatoms. The van der Waals surface area contributed by atoms with Crippen LogP contribution in [-0.2, 0) is 11.8 Å². The van der Waals surface area contributed by atoms with Crippen LogP contribution in [0.1, 0.15) is 39.1 Å². The van der Waals surface area contributed by atoms with Crippen LogP contribution in [0, 0.1) is 0 Å². The molecule has 0 saturated heterocycles. The van der Waals surface area contributed by atoms with Crippen molar-refractivity contribution < 1.29 is 0 Å². The maximum absolute atomic E-state index is 12.0. The summed E-state index contributed by atoms with van der Waals surface area (Å²) in [6.45, 7) is 8.11. The molecule has 86 valence electrons. The summed E-state index contributed by atoms with van der Waals surface area (Å²) in [5, 5.41) is 0.690. The van der Waals surface area contributed by atoms with Gasteiger partial charge < -0.3 is 9.97 Å². The van der Waals surface area contributed by atoms with E-state index in [-0.39, 0.29) is 11.0 Å². The van der Waals surface area contributed by atoms with Crippen molar-refractivity contribution in [2.45, 2.75) is 39.5 Å². The Kier molecular flexibility index (Phi) is 2.37. The van der Waals surface area contributed by atoms with Gasteiger partial charge in [-0.2, -0.15) is 0 Å². The highest BCUT2D eigenvalue weighted by atomic mass is 16.1. The van der Waals surface area contributed by atoms with Gasteiger partial charge in [-0.3, -0.25) is 4.79 Å². The van der Waals surface area contributed by atoms with E-state index in [1.165, 1.54) is 0 Å². The lowest BCUT2D eigenvalue weighted by molar-refractivity contribution is 0.546. The molecule has 0 atom stereocenters. The zero-order chi connectivity index (χ0) is 11.9. The Hall–Kier alpha value is -1.58. The van der Waals surface area contributed by atoms with Gasteiger partial charge in [-0.1, -0.05) is 27.7 Å². The van der Waals surface area contributed by atoms with Gasteiger partial charge in [0, 0.05) is 11.6 Å². The lowest BCUT2D eigenvalue weighted by Crippen LogP contribution is -2.22. The van der Waals surface area contributed by atoms with Gasteiger partial charge in [-0.05, 0) is 12.0 Å². The van der Waals surface area contributed by atoms with Gasteiger partial charge in [0.25, 0.3) is 5.56 Å². The summed E-state index contributed by atoms with van der Waals surface area (Å²) in [7, 11) is 0. The fourth-order valence-electron chi connectivity index (χ4n) is 1.74. The molecule has 0 bridgehead atoms. The molecule has 0 fully saturated rings. The minimum Gasteiger partial charge on any atom is -0.346 e. The average Bonchev–Trinajstić information content (AvgIpc) is 2.59. The molecule has 0 saturated carbocycles. The number of aromatic nitrogens is 3. The van der Waals surface area contributed by atoms with Gasteiger partial charge in [0.15, 0.2) is 0 Å². The smallest absolute Gasteiger partial charge is 0.260 e. The van der Waals surface area contributed by atoms with Gasteiger partial charge in [0.05, 0.1) is 5.39 Å². The average molecular weight is 219 g/mol. The van der Waals surface area contributed by atoms with E-state index in [9.17, 15) is 4.79 Å². The molecule has 16 heavy (non-hydrogen) atoms. The van der Waals surface area contributed by atoms with Crippen LogP contribution in [0.2, 0.25) is 0 Å². The fourth-order valence-corrected chi connectivity index (χ4v) is 1.74. The summed E-state index contributed by atoms with van der Waals surface area (Å²) in [5.41, 5.74) is 1.51. The van der Waals surface area contributed by atoms with E-state index in [1.807, 2.05) is 33.9 Å². The summed E-state index contributed by atoms with van der Waals surface area (Å²) < 4.78 is 0. The first-order valence-electron chi connectivity index (χ1n) is 5.54. The largest absolute Gasteiger partial charge is 0.346 e. The number of aromatic amines is 2. The Morgan fingerprint density at radius 1 is 1.38 bits per heavy atom. The van der Waals surface area contributed by atoms with Crippen LogP contribution < -0.4 is 5.56 Å². The number of fused-ring (bicyclic) bond motifs is 1. The molecule has 2 heterocycles. The first-order chi connectivity index (χ1) is 7.43. The highest BCUT2D eigenvalue weighted by molar-refractivity contribution is 5.78. The normalized spacial score (nSPS) is 12.2. The molecule has 2 rings (SSSR count). The number of nitrogens with zero attached hydrogens (tertiary/aromatic N) is 1. The van der Waals surface area contributed by atoms with Crippen LogP contribution in [0.25, 0.3) is 11.0 Å². The van der Waals surface area contributed by atoms with Crippen molar-refractivity contribution in [2.24, 2.45) is 0 Å². The van der Waals surface area contributed by atoms with E-state index in [0.717, 1.165) is 17.8 Å². The van der Waals surface area contributed by atoms with Crippen molar-refractivity contribution in [1.82, 2.24) is 15.0 Å². The van der Waals surface area contributed by atoms with Crippen molar-refractivity contribution in [2.75, 3.05) is 0 Å². The molecule has 0 unspecified atom stereocenters. The summed E-state index contributed by atoms with van der Waals surface area (Å²) in [5.74, 6) is 0.717. The number of nitrogens with one attached hydrogen (secondary N) is 2. The minimum absolute atomic E-state index is 0.0481. The van der Waals surface area contributed by atoms with Gasteiger partial charge in [-0.15, -0.1) is 0 Å². The van der Waals surface area contributed by atoms with E-state index in [4.69, 9.17) is 0 Å². The second kappa shape index (κ2) is 3.47. The van der Waals surface area contributed by atoms with Crippen molar-refractivity contribution in [3.63, 3.8) is 0 Å². The lowest BCUT2D eigenvalue weighted by atomic mass is 9.95. The molecule has 0 aliphatic heterocycles. The molecule has 0 aliphatic carbocycles. The van der Waals surface area contributed by atoms with Gasteiger partial charge in [-0.25, -0.2) is 4.98 Å². The molecular formula is C12H17N3O. The predicted molar refractivity (Wildman–Crippen MR) is 64.8 cm³/mol. The zero-order valence-electron chi connectivity index (χ0n) is 10.1. The molecule has 0 spiro atoms. The van der Waals surface area contributed by atoms with Crippen LogP contribution in [0.5, 0.6) is 0 Å². The summed E-state index contributed by atoms with van der Waals surface area (Å²) in [6.07, 6.45) is 2.69. The maximum Gasteiger partial charge on any atom is 0.260 e. The van der Waals surface area contributed by atoms with Gasteiger partial charge >= 0.3 is 0 Å². The zero-order valence-corrected chi connectivity index (χ0v) is 10.1. The molecule has 0 radical (unpaired) electrons. The quantitative estimate of drug-likeness (QED) is 0.771. The maximum atomic E-state index is 12.0. The Labute approximate surface area is 94.1 Å². The van der Waals surface area contributed by atoms with Crippen LogP contribution >= 0.6 is 0 Å². The van der Waals surface area contributed by atoms with Gasteiger partial charge in [0.1, 0.15) is 11.5 Å². The number of aryl methyl sites for hydroxylation is 1. The third-order valence-corrected chi connectivity index (χ3v) is 2.71. The van der Waals surface area contributed by atoms with Crippen LogP contribution in [0.15, 0.2) is 11.0 Å². The minimum atomic E-state index is -0.148. The first-order valence-corrected chi connectivity index (χ1v) is 5.54. The second-order valence-electron chi connectivity index (χ2n) is 5.06. The predicted octanol–water partition coefficient (Wildman–Crippen LogP) is 2.11. The van der Waals surface area contributed by atoms with E-state index in [1.54, 1.807) is 0 Å². The molecule has 0 amide bonds. The molecule has 4 nitrogen and oxygen atoms in total. The molecule has 0 aliphatic rings. The Morgan fingerprint density at radius 2 is 2.06 bits per heavy atom. The number of rotatable bonds is 1. The molecule has 2 N–H and O–H groups in total. The molecule has 0 aromatic carbocycles. The van der Waals surface area contributed by atoms with E-state index in [2.05, 4.69) is 15.0 Å². The SMILES string of the molecule is CCc1c[nH]c2nc(C(C)(C)C)[nH]c(=O)c12. The molecule has 2 aromatic rings. The number of hydrogen-bond acceptors (Lipinski definition) is 2. The van der Waals surface area contributed by atoms with Crippen molar-refractivity contribution in [1.29, 1.82) is 0 Å². The molecule has 2 aromatic heterocycles. The lowest BCUT2D eigenvalue weighted by Gasteiger charge is -2.16. The summed E-state index contributed by atoms with van der Waals surface area (Å²) >= 11 is 0. The van der Waals surface area contributed by atoms with Crippen LogP contribution in [0.3, 0.4) is 0 Å². The second-order valence-corrected chi connectivity index (χ2v) is 5.06. The van der Waals surface area contributed by atoms with Crippen LogP contribution in [-0.4, -0.2) is 15.0 Å². The number of hydrogen-bond donors (Lipinski definition) is 2. The standard InChI is InChI=1S/C12H17N3O/c1-5-7-6-13-9-8(7)10(16)15-11(14-9)12(2,3)4/h6H,5H2,1-4H3,(H2,13,14,15,16).